The van der Waals surface area contributed by atoms with Crippen LogP contribution in [0, 0.1) is 11.8 Å². The van der Waals surface area contributed by atoms with E-state index in [1.165, 1.54) is 16.8 Å². The molecule has 0 spiro atoms. The second-order valence-electron chi connectivity index (χ2n) is 8.94. The second kappa shape index (κ2) is 8.37. The van der Waals surface area contributed by atoms with Crippen LogP contribution in [0.25, 0.3) is 0 Å². The zero-order chi connectivity index (χ0) is 20.4. The summed E-state index contributed by atoms with van der Waals surface area (Å²) >= 11 is 0. The van der Waals surface area contributed by atoms with Crippen LogP contribution in [0.3, 0.4) is 0 Å². The Labute approximate surface area is 166 Å². The molecule has 0 unspecified atom stereocenters. The van der Waals surface area contributed by atoms with E-state index in [0.29, 0.717) is 23.9 Å². The minimum atomic E-state index is -0.0350. The van der Waals surface area contributed by atoms with E-state index in [4.69, 9.17) is 5.73 Å². The van der Waals surface area contributed by atoms with Gasteiger partial charge in [0, 0.05) is 28.9 Å². The van der Waals surface area contributed by atoms with E-state index >= 15 is 0 Å². The topological polar surface area (TPSA) is 29.3 Å². The first-order valence-corrected chi connectivity index (χ1v) is 10.4. The molecule has 2 aromatic carbocycles. The van der Waals surface area contributed by atoms with Gasteiger partial charge in [-0.3, -0.25) is 0 Å². The van der Waals surface area contributed by atoms with Crippen molar-refractivity contribution in [3.8, 4) is 0 Å². The highest BCUT2D eigenvalue weighted by molar-refractivity contribution is 5.53. The van der Waals surface area contributed by atoms with Crippen LogP contribution in [-0.4, -0.2) is 12.1 Å². The van der Waals surface area contributed by atoms with Gasteiger partial charge in [-0.1, -0.05) is 52.0 Å². The van der Waals surface area contributed by atoms with Crippen molar-refractivity contribution in [2.75, 3.05) is 10.6 Å². The van der Waals surface area contributed by atoms with Gasteiger partial charge in [0.25, 0.3) is 0 Å². The van der Waals surface area contributed by atoms with Gasteiger partial charge in [-0.05, 0) is 74.9 Å². The van der Waals surface area contributed by atoms with Crippen molar-refractivity contribution in [3.05, 3.63) is 59.7 Å². The minimum absolute atomic E-state index is 0.0350. The van der Waals surface area contributed by atoms with Crippen molar-refractivity contribution in [1.82, 2.24) is 0 Å². The lowest BCUT2D eigenvalue weighted by Gasteiger charge is -2.43. The summed E-state index contributed by atoms with van der Waals surface area (Å²) in [7, 11) is 0. The van der Waals surface area contributed by atoms with Gasteiger partial charge < -0.3 is 10.6 Å². The van der Waals surface area contributed by atoms with E-state index in [1.807, 2.05) is 12.1 Å². The van der Waals surface area contributed by atoms with E-state index < -0.39 is 0 Å². The fourth-order valence-corrected chi connectivity index (χ4v) is 5.03. The molecule has 27 heavy (non-hydrogen) atoms. The number of nitrogens with zero attached hydrogens (tertiary/aromatic N) is 1. The number of benzene rings is 2. The number of hydrogen-bond acceptors (Lipinski definition) is 2. The number of hydrogen-bond donors (Lipinski definition) is 1. The van der Waals surface area contributed by atoms with Gasteiger partial charge >= 0.3 is 0 Å². The number of nitrogen functional groups attached to an aromatic ring is 1. The lowest BCUT2D eigenvalue weighted by molar-refractivity contribution is 0.273. The van der Waals surface area contributed by atoms with E-state index in [1.54, 1.807) is 0 Å². The van der Waals surface area contributed by atoms with Gasteiger partial charge in [0.2, 0.25) is 0 Å². The summed E-state index contributed by atoms with van der Waals surface area (Å²) in [4.78, 5) is 2.47. The van der Waals surface area contributed by atoms with Gasteiger partial charge in [-0.25, -0.2) is 0 Å². The molecule has 148 valence electrons. The molecule has 0 aliphatic heterocycles. The molecular weight excluding hydrogens is 328 g/mol. The van der Waals surface area contributed by atoms with Crippen LogP contribution in [0.5, 0.6) is 0 Å². The standard InChI is InChI=1S/C25H38N2/c1-17(2)25(18(3)4,21-9-13-23(26)14-10-21)22-11-15-24(16-12-22)27(19(5)6)20(7)8/h9-20H,26H2,1-8H3. The number of nitrogens with two attached hydrogens (primary N) is 1. The average Bonchev–Trinajstić information content (AvgIpc) is 2.57. The lowest BCUT2D eigenvalue weighted by atomic mass is 9.60. The van der Waals surface area contributed by atoms with Gasteiger partial charge in [0.1, 0.15) is 0 Å². The summed E-state index contributed by atoms with van der Waals surface area (Å²) in [5.41, 5.74) is 10.8. The predicted molar refractivity (Wildman–Crippen MR) is 121 cm³/mol. The molecule has 0 aromatic heterocycles. The van der Waals surface area contributed by atoms with Gasteiger partial charge in [0.15, 0.2) is 0 Å². The normalized spacial score (nSPS) is 12.4. The first-order valence-electron chi connectivity index (χ1n) is 10.4. The fourth-order valence-electron chi connectivity index (χ4n) is 5.03. The van der Waals surface area contributed by atoms with E-state index in [2.05, 4.69) is 96.7 Å². The Balaban J connectivity index is 2.59. The molecule has 0 amide bonds. The number of rotatable bonds is 7. The molecule has 0 saturated heterocycles. The van der Waals surface area contributed by atoms with Crippen molar-refractivity contribution >= 4 is 11.4 Å². The summed E-state index contributed by atoms with van der Waals surface area (Å²) in [5, 5.41) is 0. The Kier molecular flexibility index (Phi) is 6.62. The predicted octanol–water partition coefficient (Wildman–Crippen LogP) is 6.49. The smallest absolute Gasteiger partial charge is 0.0371 e. The highest BCUT2D eigenvalue weighted by atomic mass is 15.2. The van der Waals surface area contributed by atoms with Crippen LogP contribution in [0.4, 0.5) is 11.4 Å². The SMILES string of the molecule is CC(C)N(c1ccc(C(c2ccc(N)cc2)(C(C)C)C(C)C)cc1)C(C)C. The first kappa shape index (κ1) is 21.3. The molecule has 0 aliphatic rings. The summed E-state index contributed by atoms with van der Waals surface area (Å²) in [5.74, 6) is 0.941. The Bertz CT molecular complexity index is 693. The minimum Gasteiger partial charge on any atom is -0.399 e. The summed E-state index contributed by atoms with van der Waals surface area (Å²) in [6.07, 6.45) is 0. The summed E-state index contributed by atoms with van der Waals surface area (Å²) < 4.78 is 0. The molecule has 0 saturated carbocycles. The first-order chi connectivity index (χ1) is 12.6. The van der Waals surface area contributed by atoms with Crippen molar-refractivity contribution in [1.29, 1.82) is 0 Å². The molecule has 2 nitrogen and oxygen atoms in total. The fraction of sp³-hybridized carbons (Fsp3) is 0.520. The second-order valence-corrected chi connectivity index (χ2v) is 8.94. The summed E-state index contributed by atoms with van der Waals surface area (Å²) in [6.45, 7) is 18.4. The van der Waals surface area contributed by atoms with Gasteiger partial charge in [0.05, 0.1) is 0 Å². The lowest BCUT2D eigenvalue weighted by Crippen LogP contribution is -2.39. The number of anilines is 2. The Morgan fingerprint density at radius 1 is 0.630 bits per heavy atom. The maximum Gasteiger partial charge on any atom is 0.0371 e. The van der Waals surface area contributed by atoms with Crippen molar-refractivity contribution in [3.63, 3.8) is 0 Å². The van der Waals surface area contributed by atoms with Crippen molar-refractivity contribution in [2.24, 2.45) is 11.8 Å². The molecule has 0 bridgehead atoms. The van der Waals surface area contributed by atoms with Crippen LogP contribution in [0.15, 0.2) is 48.5 Å². The highest BCUT2D eigenvalue weighted by Gasteiger charge is 2.40. The van der Waals surface area contributed by atoms with Crippen molar-refractivity contribution in [2.45, 2.75) is 72.9 Å². The quantitative estimate of drug-likeness (QED) is 0.567. The maximum atomic E-state index is 5.97. The molecule has 2 heteroatoms. The van der Waals surface area contributed by atoms with E-state index in [-0.39, 0.29) is 5.41 Å². The zero-order valence-electron chi connectivity index (χ0n) is 18.5. The highest BCUT2D eigenvalue weighted by Crippen LogP contribution is 2.46. The summed E-state index contributed by atoms with van der Waals surface area (Å²) in [6, 6.07) is 18.7. The Hall–Kier alpha value is -1.96. The Morgan fingerprint density at radius 2 is 1.00 bits per heavy atom. The molecule has 0 fully saturated rings. The zero-order valence-corrected chi connectivity index (χ0v) is 18.5. The molecule has 0 aliphatic carbocycles. The molecular formula is C25H38N2. The van der Waals surface area contributed by atoms with Crippen LogP contribution in [0.2, 0.25) is 0 Å². The molecule has 2 rings (SSSR count). The molecule has 2 aromatic rings. The third-order valence-corrected chi connectivity index (χ3v) is 5.97. The monoisotopic (exact) mass is 366 g/mol. The van der Waals surface area contributed by atoms with Crippen LogP contribution >= 0.6 is 0 Å². The molecule has 0 radical (unpaired) electrons. The van der Waals surface area contributed by atoms with E-state index in [0.717, 1.165) is 5.69 Å². The van der Waals surface area contributed by atoms with Crippen LogP contribution in [-0.2, 0) is 5.41 Å². The third-order valence-electron chi connectivity index (χ3n) is 5.97. The van der Waals surface area contributed by atoms with Crippen LogP contribution in [0.1, 0.15) is 66.5 Å². The van der Waals surface area contributed by atoms with Crippen LogP contribution < -0.4 is 10.6 Å². The molecule has 2 N–H and O–H groups in total. The van der Waals surface area contributed by atoms with Gasteiger partial charge in [-0.15, -0.1) is 0 Å². The van der Waals surface area contributed by atoms with Gasteiger partial charge in [-0.2, -0.15) is 0 Å². The van der Waals surface area contributed by atoms with E-state index in [9.17, 15) is 0 Å². The third kappa shape index (κ3) is 4.00. The maximum absolute atomic E-state index is 5.97. The Morgan fingerprint density at radius 3 is 1.33 bits per heavy atom. The van der Waals surface area contributed by atoms with Crippen molar-refractivity contribution < 1.29 is 0 Å². The molecule has 0 heterocycles. The molecule has 0 atom stereocenters. The largest absolute Gasteiger partial charge is 0.399 e. The average molecular weight is 367 g/mol.